The summed E-state index contributed by atoms with van der Waals surface area (Å²) in [6, 6.07) is 11.2. The van der Waals surface area contributed by atoms with E-state index in [0.717, 1.165) is 0 Å². The number of hydrogen-bond donors (Lipinski definition) is 2. The van der Waals surface area contributed by atoms with Gasteiger partial charge < -0.3 is 20.3 Å². The SMILES string of the molecule is CCC(=O)Oc1c(N)cccc1Oc1ccc(O)cc1. The highest BCUT2D eigenvalue weighted by Crippen LogP contribution is 2.36. The zero-order chi connectivity index (χ0) is 14.5. The number of nitrogen functional groups attached to an aromatic ring is 1. The van der Waals surface area contributed by atoms with E-state index in [1.165, 1.54) is 12.1 Å². The van der Waals surface area contributed by atoms with Gasteiger partial charge in [0.1, 0.15) is 11.5 Å². The molecular weight excluding hydrogens is 258 g/mol. The quantitative estimate of drug-likeness (QED) is 0.508. The van der Waals surface area contributed by atoms with E-state index in [-0.39, 0.29) is 17.9 Å². The van der Waals surface area contributed by atoms with E-state index >= 15 is 0 Å². The van der Waals surface area contributed by atoms with Crippen LogP contribution in [0, 0.1) is 0 Å². The van der Waals surface area contributed by atoms with Gasteiger partial charge in [-0.2, -0.15) is 0 Å². The van der Waals surface area contributed by atoms with Gasteiger partial charge in [-0.3, -0.25) is 4.79 Å². The number of phenolic OH excluding ortho intramolecular Hbond substituents is 1. The van der Waals surface area contributed by atoms with Crippen molar-refractivity contribution in [1.82, 2.24) is 0 Å². The first kappa shape index (κ1) is 13.7. The van der Waals surface area contributed by atoms with Crippen LogP contribution < -0.4 is 15.2 Å². The molecule has 2 aromatic rings. The monoisotopic (exact) mass is 273 g/mol. The van der Waals surface area contributed by atoms with Crippen LogP contribution in [0.15, 0.2) is 42.5 Å². The zero-order valence-electron chi connectivity index (χ0n) is 11.0. The lowest BCUT2D eigenvalue weighted by molar-refractivity contribution is -0.134. The van der Waals surface area contributed by atoms with Gasteiger partial charge in [0.25, 0.3) is 0 Å². The minimum absolute atomic E-state index is 0.141. The molecule has 5 heteroatoms. The molecule has 0 unspecified atom stereocenters. The molecule has 3 N–H and O–H groups in total. The smallest absolute Gasteiger partial charge is 0.311 e. The van der Waals surface area contributed by atoms with Gasteiger partial charge in [0.15, 0.2) is 11.5 Å². The number of anilines is 1. The molecule has 2 rings (SSSR count). The van der Waals surface area contributed by atoms with E-state index < -0.39 is 5.97 Å². The lowest BCUT2D eigenvalue weighted by atomic mass is 10.2. The Kier molecular flexibility index (Phi) is 4.10. The van der Waals surface area contributed by atoms with Gasteiger partial charge in [0.05, 0.1) is 5.69 Å². The third-order valence-electron chi connectivity index (χ3n) is 2.58. The van der Waals surface area contributed by atoms with Crippen LogP contribution in [-0.4, -0.2) is 11.1 Å². The highest BCUT2D eigenvalue weighted by Gasteiger charge is 2.13. The Morgan fingerprint density at radius 1 is 1.20 bits per heavy atom. The van der Waals surface area contributed by atoms with Crippen LogP contribution in [0.5, 0.6) is 23.0 Å². The summed E-state index contributed by atoms with van der Waals surface area (Å²) in [5, 5.41) is 9.23. The fourth-order valence-corrected chi connectivity index (χ4v) is 1.55. The Labute approximate surface area is 116 Å². The Morgan fingerprint density at radius 2 is 1.90 bits per heavy atom. The van der Waals surface area contributed by atoms with Crippen LogP contribution in [-0.2, 0) is 4.79 Å². The minimum atomic E-state index is -0.390. The Morgan fingerprint density at radius 3 is 2.55 bits per heavy atom. The Bertz CT molecular complexity index is 608. The molecule has 0 heterocycles. The maximum absolute atomic E-state index is 11.4. The molecule has 20 heavy (non-hydrogen) atoms. The van der Waals surface area contributed by atoms with Crippen LogP contribution in [0.3, 0.4) is 0 Å². The number of para-hydroxylation sites is 1. The summed E-state index contributed by atoms with van der Waals surface area (Å²) in [4.78, 5) is 11.4. The molecule has 0 amide bonds. The predicted octanol–water partition coefficient (Wildman–Crippen LogP) is 3.08. The molecule has 5 nitrogen and oxygen atoms in total. The molecule has 0 aliphatic rings. The molecule has 0 bridgehead atoms. The molecule has 0 atom stereocenters. The van der Waals surface area contributed by atoms with Crippen molar-refractivity contribution in [3.8, 4) is 23.0 Å². The van der Waals surface area contributed by atoms with Crippen molar-refractivity contribution >= 4 is 11.7 Å². The van der Waals surface area contributed by atoms with E-state index in [1.54, 1.807) is 37.3 Å². The standard InChI is InChI=1S/C15H15NO4/c1-2-14(18)20-15-12(16)4-3-5-13(15)19-11-8-6-10(17)7-9-11/h3-9,17H,2,16H2,1H3. The number of carbonyl (C=O) groups is 1. The van der Waals surface area contributed by atoms with Crippen LogP contribution in [0.1, 0.15) is 13.3 Å². The molecule has 0 saturated carbocycles. The molecule has 0 aliphatic heterocycles. The zero-order valence-corrected chi connectivity index (χ0v) is 11.0. The van der Waals surface area contributed by atoms with Gasteiger partial charge in [-0.15, -0.1) is 0 Å². The third kappa shape index (κ3) is 3.20. The number of phenols is 1. The van der Waals surface area contributed by atoms with E-state index in [1.807, 2.05) is 0 Å². The number of ether oxygens (including phenoxy) is 2. The van der Waals surface area contributed by atoms with Gasteiger partial charge in [0, 0.05) is 6.42 Å². The largest absolute Gasteiger partial charge is 0.508 e. The first-order valence-electron chi connectivity index (χ1n) is 6.16. The van der Waals surface area contributed by atoms with Crippen LogP contribution in [0.25, 0.3) is 0 Å². The molecule has 0 aliphatic carbocycles. The summed E-state index contributed by atoms with van der Waals surface area (Å²) in [5.74, 6) is 0.799. The lowest BCUT2D eigenvalue weighted by Crippen LogP contribution is -2.08. The molecule has 0 spiro atoms. The molecule has 0 aromatic heterocycles. The second-order valence-electron chi connectivity index (χ2n) is 4.10. The number of carbonyl (C=O) groups excluding carboxylic acids is 1. The average molecular weight is 273 g/mol. The summed E-state index contributed by atoms with van der Waals surface area (Å²) in [7, 11) is 0. The highest BCUT2D eigenvalue weighted by molar-refractivity contribution is 5.76. The average Bonchev–Trinajstić information content (AvgIpc) is 2.45. The van der Waals surface area contributed by atoms with E-state index in [2.05, 4.69) is 0 Å². The molecule has 0 fully saturated rings. The summed E-state index contributed by atoms with van der Waals surface area (Å²) in [6.07, 6.45) is 0.243. The predicted molar refractivity (Wildman–Crippen MR) is 75.0 cm³/mol. The number of rotatable bonds is 4. The van der Waals surface area contributed by atoms with Crippen molar-refractivity contribution in [2.75, 3.05) is 5.73 Å². The topological polar surface area (TPSA) is 81.8 Å². The lowest BCUT2D eigenvalue weighted by Gasteiger charge is -2.13. The van der Waals surface area contributed by atoms with Gasteiger partial charge in [-0.05, 0) is 36.4 Å². The van der Waals surface area contributed by atoms with Crippen molar-refractivity contribution in [1.29, 1.82) is 0 Å². The number of aromatic hydroxyl groups is 1. The first-order chi connectivity index (χ1) is 9.60. The summed E-state index contributed by atoms with van der Waals surface area (Å²) < 4.78 is 10.8. The normalized spacial score (nSPS) is 10.1. The third-order valence-corrected chi connectivity index (χ3v) is 2.58. The van der Waals surface area contributed by atoms with Crippen molar-refractivity contribution in [2.45, 2.75) is 13.3 Å². The van der Waals surface area contributed by atoms with E-state index in [9.17, 15) is 9.90 Å². The Hall–Kier alpha value is -2.69. The van der Waals surface area contributed by atoms with Crippen LogP contribution in [0.2, 0.25) is 0 Å². The fraction of sp³-hybridized carbons (Fsp3) is 0.133. The number of esters is 1. The fourth-order valence-electron chi connectivity index (χ4n) is 1.55. The summed E-state index contributed by atoms with van der Waals surface area (Å²) >= 11 is 0. The number of nitrogens with two attached hydrogens (primary N) is 1. The van der Waals surface area contributed by atoms with E-state index in [0.29, 0.717) is 17.2 Å². The van der Waals surface area contributed by atoms with Gasteiger partial charge >= 0.3 is 5.97 Å². The molecular formula is C15H15NO4. The van der Waals surface area contributed by atoms with Crippen LogP contribution in [0.4, 0.5) is 5.69 Å². The van der Waals surface area contributed by atoms with Crippen molar-refractivity contribution in [3.63, 3.8) is 0 Å². The minimum Gasteiger partial charge on any atom is -0.508 e. The van der Waals surface area contributed by atoms with Gasteiger partial charge in [-0.1, -0.05) is 13.0 Å². The van der Waals surface area contributed by atoms with Gasteiger partial charge in [-0.25, -0.2) is 0 Å². The molecule has 0 saturated heterocycles. The highest BCUT2D eigenvalue weighted by atomic mass is 16.6. The van der Waals surface area contributed by atoms with Gasteiger partial charge in [0.2, 0.25) is 0 Å². The van der Waals surface area contributed by atoms with E-state index in [4.69, 9.17) is 15.2 Å². The second kappa shape index (κ2) is 5.97. The van der Waals surface area contributed by atoms with Crippen molar-refractivity contribution < 1.29 is 19.4 Å². The maximum Gasteiger partial charge on any atom is 0.311 e. The molecule has 104 valence electrons. The summed E-state index contributed by atoms with van der Waals surface area (Å²) in [5.41, 5.74) is 6.13. The molecule has 0 radical (unpaired) electrons. The van der Waals surface area contributed by atoms with Crippen molar-refractivity contribution in [3.05, 3.63) is 42.5 Å². The van der Waals surface area contributed by atoms with Crippen molar-refractivity contribution in [2.24, 2.45) is 0 Å². The number of hydrogen-bond acceptors (Lipinski definition) is 5. The first-order valence-corrected chi connectivity index (χ1v) is 6.16. The van der Waals surface area contributed by atoms with Crippen LogP contribution >= 0.6 is 0 Å². The summed E-state index contributed by atoms with van der Waals surface area (Å²) in [6.45, 7) is 1.70. The Balaban J connectivity index is 2.29. The second-order valence-corrected chi connectivity index (χ2v) is 4.10. The number of benzene rings is 2. The molecule has 2 aromatic carbocycles. The maximum atomic E-state index is 11.4.